The second-order valence-electron chi connectivity index (χ2n) is 2.67. The summed E-state index contributed by atoms with van der Waals surface area (Å²) in [6.45, 7) is 0. The number of rotatable bonds is 0. The van der Waals surface area contributed by atoms with Gasteiger partial charge < -0.3 is 5.73 Å². The monoisotopic (exact) mass is 175 g/mol. The Labute approximate surface area is 72.0 Å². The molecular formula is C8H5N3O2. The molecule has 0 radical (unpaired) electrons. The zero-order valence-electron chi connectivity index (χ0n) is 6.50. The third kappa shape index (κ3) is 0.868. The standard InChI is InChI=1S/C8H5N3O2/c9-3-1-2-4-5(6(3)10)7(12)8(13)11-4/h1-2,9H,10H2. The van der Waals surface area contributed by atoms with Crippen LogP contribution in [0.3, 0.4) is 0 Å². The first-order valence-corrected chi connectivity index (χ1v) is 3.55. The Hall–Kier alpha value is -2.04. The maximum absolute atomic E-state index is 11.2. The van der Waals surface area contributed by atoms with Crippen molar-refractivity contribution in [3.05, 3.63) is 38.1 Å². The molecule has 13 heavy (non-hydrogen) atoms. The van der Waals surface area contributed by atoms with Crippen molar-refractivity contribution in [2.75, 3.05) is 5.73 Å². The summed E-state index contributed by atoms with van der Waals surface area (Å²) >= 11 is 0. The van der Waals surface area contributed by atoms with E-state index in [-0.39, 0.29) is 22.3 Å². The lowest BCUT2D eigenvalue weighted by Gasteiger charge is -1.97. The van der Waals surface area contributed by atoms with Gasteiger partial charge in [-0.25, -0.2) is 4.98 Å². The fourth-order valence-corrected chi connectivity index (χ4v) is 1.21. The first-order valence-electron chi connectivity index (χ1n) is 3.55. The highest BCUT2D eigenvalue weighted by molar-refractivity contribution is 5.74. The molecule has 1 aliphatic heterocycles. The minimum atomic E-state index is -0.813. The summed E-state index contributed by atoms with van der Waals surface area (Å²) in [5, 5.41) is 7.35. The number of anilines is 1. The average Bonchev–Trinajstić information content (AvgIpc) is 2.37. The first-order chi connectivity index (χ1) is 6.11. The number of nitrogens with one attached hydrogen (secondary N) is 1. The van der Waals surface area contributed by atoms with Gasteiger partial charge in [0.1, 0.15) is 0 Å². The summed E-state index contributed by atoms with van der Waals surface area (Å²) in [5.41, 5.74) is 4.29. The van der Waals surface area contributed by atoms with Crippen LogP contribution in [0.1, 0.15) is 0 Å². The molecule has 0 aromatic heterocycles. The van der Waals surface area contributed by atoms with Crippen LogP contribution < -0.4 is 22.1 Å². The normalized spacial score (nSPS) is 10.8. The summed E-state index contributed by atoms with van der Waals surface area (Å²) in [4.78, 5) is 25.5. The van der Waals surface area contributed by atoms with E-state index >= 15 is 0 Å². The van der Waals surface area contributed by atoms with E-state index in [9.17, 15) is 9.59 Å². The number of nitrogen functional groups attached to an aromatic ring is 1. The van der Waals surface area contributed by atoms with Gasteiger partial charge in [-0.15, -0.1) is 0 Å². The van der Waals surface area contributed by atoms with E-state index in [0.717, 1.165) is 0 Å². The Bertz CT molecular complexity index is 581. The molecule has 0 aromatic rings. The van der Waals surface area contributed by atoms with Crippen molar-refractivity contribution >= 4 is 5.69 Å². The van der Waals surface area contributed by atoms with Crippen LogP contribution in [0.5, 0.6) is 0 Å². The van der Waals surface area contributed by atoms with Crippen LogP contribution in [0.2, 0.25) is 0 Å². The summed E-state index contributed by atoms with van der Waals surface area (Å²) in [5.74, 6) is 0. The van der Waals surface area contributed by atoms with E-state index in [4.69, 9.17) is 11.1 Å². The van der Waals surface area contributed by atoms with Gasteiger partial charge in [-0.1, -0.05) is 0 Å². The Morgan fingerprint density at radius 1 is 1.31 bits per heavy atom. The van der Waals surface area contributed by atoms with E-state index in [2.05, 4.69) is 4.98 Å². The summed E-state index contributed by atoms with van der Waals surface area (Å²) in [7, 11) is 0. The third-order valence-electron chi connectivity index (χ3n) is 1.87. The maximum atomic E-state index is 11.2. The molecule has 1 aliphatic carbocycles. The molecule has 0 amide bonds. The van der Waals surface area contributed by atoms with Gasteiger partial charge in [0, 0.05) is 0 Å². The van der Waals surface area contributed by atoms with Crippen molar-refractivity contribution in [1.29, 1.82) is 5.41 Å². The molecule has 64 valence electrons. The Morgan fingerprint density at radius 2 is 2.00 bits per heavy atom. The molecule has 3 N–H and O–H groups in total. The molecule has 0 saturated carbocycles. The van der Waals surface area contributed by atoms with Crippen molar-refractivity contribution < 1.29 is 0 Å². The fourth-order valence-electron chi connectivity index (χ4n) is 1.21. The molecule has 2 aliphatic rings. The maximum Gasteiger partial charge on any atom is 0.318 e. The molecular weight excluding hydrogens is 170 g/mol. The number of hydrogen-bond acceptors (Lipinski definition) is 5. The SMILES string of the molecule is N=c1ccc2nc(=O)c(=O)c-2c1N. The van der Waals surface area contributed by atoms with E-state index in [1.54, 1.807) is 0 Å². The second-order valence-corrected chi connectivity index (χ2v) is 2.67. The topological polar surface area (TPSA) is 96.9 Å². The van der Waals surface area contributed by atoms with Crippen LogP contribution in [0, 0.1) is 5.41 Å². The molecule has 0 fully saturated rings. The third-order valence-corrected chi connectivity index (χ3v) is 1.87. The minimum absolute atomic E-state index is 0.0251. The van der Waals surface area contributed by atoms with Crippen LogP contribution in [0.15, 0.2) is 21.7 Å². The van der Waals surface area contributed by atoms with Crippen molar-refractivity contribution in [3.8, 4) is 11.3 Å². The number of aromatic nitrogens is 1. The van der Waals surface area contributed by atoms with Crippen LogP contribution in [-0.2, 0) is 0 Å². The smallest absolute Gasteiger partial charge is 0.318 e. The summed E-state index contributed by atoms with van der Waals surface area (Å²) in [6, 6.07) is 2.85. The zero-order chi connectivity index (χ0) is 9.59. The molecule has 5 heteroatoms. The molecule has 0 saturated heterocycles. The lowest BCUT2D eigenvalue weighted by atomic mass is 10.1. The van der Waals surface area contributed by atoms with Crippen LogP contribution in [0.25, 0.3) is 11.3 Å². The highest BCUT2D eigenvalue weighted by atomic mass is 16.2. The molecule has 0 unspecified atom stereocenters. The van der Waals surface area contributed by atoms with Crippen LogP contribution >= 0.6 is 0 Å². The van der Waals surface area contributed by atoms with Gasteiger partial charge in [0.2, 0.25) is 0 Å². The lowest BCUT2D eigenvalue weighted by Crippen LogP contribution is -2.21. The molecule has 0 aromatic carbocycles. The van der Waals surface area contributed by atoms with Gasteiger partial charge in [0.05, 0.1) is 22.3 Å². The number of nitrogens with two attached hydrogens (primary N) is 1. The predicted molar refractivity (Wildman–Crippen MR) is 46.0 cm³/mol. The molecule has 2 rings (SSSR count). The van der Waals surface area contributed by atoms with Gasteiger partial charge >= 0.3 is 5.56 Å². The van der Waals surface area contributed by atoms with Gasteiger partial charge in [0.25, 0.3) is 5.43 Å². The highest BCUT2D eigenvalue weighted by Crippen LogP contribution is 2.16. The van der Waals surface area contributed by atoms with E-state index < -0.39 is 11.0 Å². The average molecular weight is 175 g/mol. The van der Waals surface area contributed by atoms with Crippen molar-refractivity contribution in [2.45, 2.75) is 0 Å². The molecule has 0 spiro atoms. The predicted octanol–water partition coefficient (Wildman–Crippen LogP) is -1.16. The minimum Gasteiger partial charge on any atom is -0.396 e. The van der Waals surface area contributed by atoms with Crippen molar-refractivity contribution in [3.63, 3.8) is 0 Å². The first kappa shape index (κ1) is 7.60. The molecule has 0 atom stereocenters. The summed E-state index contributed by atoms with van der Waals surface area (Å²) in [6.07, 6.45) is 0. The summed E-state index contributed by atoms with van der Waals surface area (Å²) < 4.78 is 0. The number of benzene rings is 1. The largest absolute Gasteiger partial charge is 0.396 e. The number of fused-ring (bicyclic) bond motifs is 1. The zero-order valence-corrected chi connectivity index (χ0v) is 6.50. The lowest BCUT2D eigenvalue weighted by molar-refractivity contribution is 1.26. The Balaban J connectivity index is 3.14. The number of hydrogen-bond donors (Lipinski definition) is 2. The van der Waals surface area contributed by atoms with E-state index in [0.29, 0.717) is 0 Å². The molecule has 0 bridgehead atoms. The van der Waals surface area contributed by atoms with Crippen LogP contribution in [0.4, 0.5) is 5.69 Å². The Kier molecular flexibility index (Phi) is 1.30. The number of nitrogens with zero attached hydrogens (tertiary/aromatic N) is 1. The van der Waals surface area contributed by atoms with Crippen LogP contribution in [-0.4, -0.2) is 4.98 Å². The van der Waals surface area contributed by atoms with Gasteiger partial charge in [-0.2, -0.15) is 0 Å². The van der Waals surface area contributed by atoms with Gasteiger partial charge in [-0.3, -0.25) is 15.0 Å². The van der Waals surface area contributed by atoms with E-state index in [1.165, 1.54) is 12.1 Å². The molecule has 5 nitrogen and oxygen atoms in total. The van der Waals surface area contributed by atoms with Gasteiger partial charge in [-0.05, 0) is 12.1 Å². The highest BCUT2D eigenvalue weighted by Gasteiger charge is 2.17. The Morgan fingerprint density at radius 3 is 2.69 bits per heavy atom. The van der Waals surface area contributed by atoms with Crippen molar-refractivity contribution in [1.82, 2.24) is 4.98 Å². The molecule has 1 heterocycles. The van der Waals surface area contributed by atoms with E-state index in [1.807, 2.05) is 0 Å². The quantitative estimate of drug-likeness (QED) is 0.390. The second kappa shape index (κ2) is 2.22. The fraction of sp³-hybridized carbons (Fsp3) is 0. The van der Waals surface area contributed by atoms with Gasteiger partial charge in [0.15, 0.2) is 0 Å². The van der Waals surface area contributed by atoms with Crippen molar-refractivity contribution in [2.24, 2.45) is 0 Å².